The van der Waals surface area contributed by atoms with Gasteiger partial charge in [-0.05, 0) is 32.0 Å². The van der Waals surface area contributed by atoms with Crippen molar-refractivity contribution in [3.8, 4) is 5.75 Å². The summed E-state index contributed by atoms with van der Waals surface area (Å²) in [4.78, 5) is 14.4. The van der Waals surface area contributed by atoms with E-state index in [0.717, 1.165) is 12.8 Å². The van der Waals surface area contributed by atoms with E-state index >= 15 is 0 Å². The molecule has 0 aromatic heterocycles. The number of nitrogens with zero attached hydrogens (tertiary/aromatic N) is 3. The number of rotatable bonds is 11. The second-order valence-corrected chi connectivity index (χ2v) is 7.63. The maximum atomic E-state index is 14.9. The van der Waals surface area contributed by atoms with Crippen molar-refractivity contribution in [2.75, 3.05) is 66.7 Å². The predicted octanol–water partition coefficient (Wildman–Crippen LogP) is 2.69. The highest BCUT2D eigenvalue weighted by Crippen LogP contribution is 2.38. The molecular weight excluding hydrogens is 396 g/mol. The average molecular weight is 430 g/mol. The van der Waals surface area contributed by atoms with Crippen LogP contribution in [0.15, 0.2) is 12.1 Å². The lowest BCUT2D eigenvalue weighted by Crippen LogP contribution is -2.58. The van der Waals surface area contributed by atoms with Gasteiger partial charge in [0.05, 0.1) is 19.4 Å². The van der Waals surface area contributed by atoms with Crippen LogP contribution in [0.5, 0.6) is 5.75 Å². The Labute approximate surface area is 177 Å². The highest BCUT2D eigenvalue weighted by Gasteiger charge is 2.47. The number of anilines is 1. The summed E-state index contributed by atoms with van der Waals surface area (Å²) in [5, 5.41) is 3.11. The smallest absolute Gasteiger partial charge is 0.328 e. The Bertz CT molecular complexity index is 714. The van der Waals surface area contributed by atoms with Gasteiger partial charge in [-0.1, -0.05) is 12.8 Å². The number of carbonyl (C=O) groups is 1. The normalized spacial score (nSPS) is 15.6. The second-order valence-electron chi connectivity index (χ2n) is 7.63. The minimum absolute atomic E-state index is 0.0229. The van der Waals surface area contributed by atoms with Gasteiger partial charge in [0.2, 0.25) is 5.82 Å². The molecule has 0 amide bonds. The fourth-order valence-electron chi connectivity index (χ4n) is 3.81. The third-order valence-corrected chi connectivity index (χ3v) is 5.85. The van der Waals surface area contributed by atoms with E-state index in [-0.39, 0.29) is 24.0 Å². The van der Waals surface area contributed by atoms with Crippen LogP contribution in [-0.4, -0.2) is 83.1 Å². The molecule has 1 saturated carbocycles. The van der Waals surface area contributed by atoms with Crippen LogP contribution in [0.2, 0.25) is 0 Å². The van der Waals surface area contributed by atoms with Crippen LogP contribution >= 0.6 is 0 Å². The lowest BCUT2D eigenvalue weighted by Gasteiger charge is -2.42. The molecule has 0 atom stereocenters. The van der Waals surface area contributed by atoms with E-state index < -0.39 is 17.2 Å². The van der Waals surface area contributed by atoms with Crippen molar-refractivity contribution in [1.29, 1.82) is 0 Å². The molecule has 2 rings (SSSR count). The van der Waals surface area contributed by atoms with Gasteiger partial charge in [0, 0.05) is 34.3 Å². The summed E-state index contributed by atoms with van der Waals surface area (Å²) in [5.74, 6) is -2.58. The molecule has 0 radical (unpaired) electrons. The summed E-state index contributed by atoms with van der Waals surface area (Å²) in [6.07, 6.45) is 2.94. The SMILES string of the molecule is COCCN(C)CCOc1ccc(N(C)N(C)C2(C(=O)OC)CCCC2)c(F)c1F. The first kappa shape index (κ1) is 24.3. The van der Waals surface area contributed by atoms with Crippen LogP contribution in [0, 0.1) is 11.6 Å². The molecule has 0 spiro atoms. The van der Waals surface area contributed by atoms with E-state index in [9.17, 15) is 13.6 Å². The van der Waals surface area contributed by atoms with Crippen LogP contribution in [0.3, 0.4) is 0 Å². The van der Waals surface area contributed by atoms with Crippen molar-refractivity contribution >= 4 is 11.7 Å². The first-order valence-electron chi connectivity index (χ1n) is 10.1. The molecule has 0 unspecified atom stereocenters. The molecule has 1 aliphatic rings. The second kappa shape index (κ2) is 10.9. The summed E-state index contributed by atoms with van der Waals surface area (Å²) in [7, 11) is 8.16. The van der Waals surface area contributed by atoms with E-state index in [2.05, 4.69) is 0 Å². The zero-order chi connectivity index (χ0) is 22.3. The number of esters is 1. The highest BCUT2D eigenvalue weighted by molar-refractivity contribution is 5.81. The monoisotopic (exact) mass is 429 g/mol. The standard InChI is InChI=1S/C21H33F2N3O4/c1-24(12-14-28-4)13-15-30-17-9-8-16(18(22)19(17)23)25(2)26(3)21(20(27)29-5)10-6-7-11-21/h8-9H,6-7,10-15H2,1-5H3. The van der Waals surface area contributed by atoms with Crippen LogP contribution in [0.4, 0.5) is 14.5 Å². The lowest BCUT2D eigenvalue weighted by atomic mass is 9.97. The zero-order valence-electron chi connectivity index (χ0n) is 18.5. The Kier molecular flexibility index (Phi) is 8.81. The molecule has 1 aromatic carbocycles. The Balaban J connectivity index is 2.11. The Morgan fingerprint density at radius 1 is 1.03 bits per heavy atom. The number of hydrazine groups is 1. The molecular formula is C21H33F2N3O4. The molecule has 1 fully saturated rings. The Morgan fingerprint density at radius 2 is 1.67 bits per heavy atom. The first-order chi connectivity index (χ1) is 14.3. The molecule has 30 heavy (non-hydrogen) atoms. The van der Waals surface area contributed by atoms with Crippen molar-refractivity contribution in [2.24, 2.45) is 0 Å². The molecule has 170 valence electrons. The average Bonchev–Trinajstić information content (AvgIpc) is 3.24. The Morgan fingerprint density at radius 3 is 2.27 bits per heavy atom. The summed E-state index contributed by atoms with van der Waals surface area (Å²) in [6, 6.07) is 2.87. The van der Waals surface area contributed by atoms with Gasteiger partial charge in [-0.2, -0.15) is 4.39 Å². The van der Waals surface area contributed by atoms with Gasteiger partial charge in [0.1, 0.15) is 12.1 Å². The molecule has 1 aromatic rings. The third kappa shape index (κ3) is 5.19. The van der Waals surface area contributed by atoms with Gasteiger partial charge in [-0.25, -0.2) is 14.2 Å². The van der Waals surface area contributed by atoms with E-state index in [0.29, 0.717) is 32.5 Å². The number of hydrogen-bond donors (Lipinski definition) is 0. The summed E-state index contributed by atoms with van der Waals surface area (Å²) in [6.45, 7) is 2.07. The van der Waals surface area contributed by atoms with Crippen LogP contribution in [0.25, 0.3) is 0 Å². The third-order valence-electron chi connectivity index (χ3n) is 5.85. The maximum absolute atomic E-state index is 14.9. The van der Waals surface area contributed by atoms with Gasteiger partial charge in [0.25, 0.3) is 0 Å². The van der Waals surface area contributed by atoms with Crippen LogP contribution in [0.1, 0.15) is 25.7 Å². The quantitative estimate of drug-likeness (QED) is 0.396. The van der Waals surface area contributed by atoms with Gasteiger partial charge in [-0.3, -0.25) is 0 Å². The molecule has 0 heterocycles. The van der Waals surface area contributed by atoms with Crippen LogP contribution in [-0.2, 0) is 14.3 Å². The van der Waals surface area contributed by atoms with E-state index in [1.165, 1.54) is 24.3 Å². The molecule has 0 N–H and O–H groups in total. The summed E-state index contributed by atoms with van der Waals surface area (Å²) < 4.78 is 44.9. The summed E-state index contributed by atoms with van der Waals surface area (Å²) in [5.41, 5.74) is -0.858. The Hall–Kier alpha value is -1.97. The number of halogens is 2. The molecule has 7 nitrogen and oxygen atoms in total. The van der Waals surface area contributed by atoms with E-state index in [1.54, 1.807) is 26.2 Å². The lowest BCUT2D eigenvalue weighted by molar-refractivity contribution is -0.154. The number of hydrogen-bond acceptors (Lipinski definition) is 7. The molecule has 0 saturated heterocycles. The van der Waals surface area contributed by atoms with Crippen molar-refractivity contribution in [2.45, 2.75) is 31.2 Å². The highest BCUT2D eigenvalue weighted by atomic mass is 19.2. The largest absolute Gasteiger partial charge is 0.489 e. The first-order valence-corrected chi connectivity index (χ1v) is 10.1. The van der Waals surface area contributed by atoms with Crippen molar-refractivity contribution in [3.05, 3.63) is 23.8 Å². The van der Waals surface area contributed by atoms with Crippen molar-refractivity contribution < 1.29 is 27.8 Å². The minimum Gasteiger partial charge on any atom is -0.489 e. The fourth-order valence-corrected chi connectivity index (χ4v) is 3.81. The van der Waals surface area contributed by atoms with Gasteiger partial charge >= 0.3 is 5.97 Å². The fraction of sp³-hybridized carbons (Fsp3) is 0.667. The molecule has 1 aliphatic carbocycles. The van der Waals surface area contributed by atoms with Crippen molar-refractivity contribution in [1.82, 2.24) is 9.91 Å². The van der Waals surface area contributed by atoms with Crippen molar-refractivity contribution in [3.63, 3.8) is 0 Å². The van der Waals surface area contributed by atoms with Gasteiger partial charge in [-0.15, -0.1) is 0 Å². The number of methoxy groups -OCH3 is 2. The minimum atomic E-state index is -1.05. The number of ether oxygens (including phenoxy) is 3. The van der Waals surface area contributed by atoms with E-state index in [4.69, 9.17) is 14.2 Å². The maximum Gasteiger partial charge on any atom is 0.328 e. The number of carbonyl (C=O) groups excluding carboxylic acids is 1. The molecule has 0 aliphatic heterocycles. The predicted molar refractivity (Wildman–Crippen MR) is 111 cm³/mol. The summed E-state index contributed by atoms with van der Waals surface area (Å²) >= 11 is 0. The number of likely N-dealkylation sites (N-methyl/N-ethyl adjacent to an activating group) is 2. The topological polar surface area (TPSA) is 54.5 Å². The molecule has 9 heteroatoms. The zero-order valence-corrected chi connectivity index (χ0v) is 18.5. The molecule has 0 bridgehead atoms. The van der Waals surface area contributed by atoms with Crippen LogP contribution < -0.4 is 9.75 Å². The van der Waals surface area contributed by atoms with Gasteiger partial charge in [0.15, 0.2) is 11.6 Å². The van der Waals surface area contributed by atoms with E-state index in [1.807, 2.05) is 11.9 Å². The number of benzene rings is 1. The van der Waals surface area contributed by atoms with Gasteiger partial charge < -0.3 is 24.1 Å².